The van der Waals surface area contributed by atoms with Gasteiger partial charge in [0.05, 0.1) is 65.1 Å². The number of carbonyl (C=O) groups excluding carboxylic acids is 7. The minimum absolute atomic E-state index is 0.0769. The first-order chi connectivity index (χ1) is 30.3. The molecule has 0 bridgehead atoms. The fourth-order valence-corrected chi connectivity index (χ4v) is 8.82. The molecule has 0 atom stereocenters. The van der Waals surface area contributed by atoms with Gasteiger partial charge in [-0.3, -0.25) is 43.4 Å². The van der Waals surface area contributed by atoms with Crippen LogP contribution in [0, 0.1) is 0 Å². The minimum Gasteiger partial charge on any atom is -0.356 e. The van der Waals surface area contributed by atoms with Crippen LogP contribution in [0.4, 0.5) is 11.4 Å². The van der Waals surface area contributed by atoms with Crippen molar-refractivity contribution < 1.29 is 33.6 Å². The summed E-state index contributed by atoms with van der Waals surface area (Å²) in [6.45, 7) is 2.85. The number of imide groups is 2. The lowest BCUT2D eigenvalue weighted by atomic mass is 10.1. The van der Waals surface area contributed by atoms with Gasteiger partial charge in [0.25, 0.3) is 35.4 Å². The number of nitrogens with one attached hydrogen (secondary N) is 3. The smallest absolute Gasteiger partial charge is 0.265 e. The molecule has 0 fully saturated rings. The highest BCUT2D eigenvalue weighted by atomic mass is 35.5. The van der Waals surface area contributed by atoms with E-state index in [2.05, 4.69) is 16.0 Å². The number of hydrogen-bond acceptors (Lipinski definition) is 10. The Hall–Kier alpha value is -6.49. The molecule has 17 heteroatoms. The Morgan fingerprint density at radius 2 is 0.968 bits per heavy atom. The second-order valence-electron chi connectivity index (χ2n) is 14.4. The Labute approximate surface area is 379 Å². The van der Waals surface area contributed by atoms with Crippen LogP contribution in [0.1, 0.15) is 90.0 Å². The number of fused-ring (bicyclic) bond motifs is 2. The molecule has 7 amide bonds. The molecule has 0 saturated heterocycles. The average molecular weight is 922 g/mol. The third-order valence-electron chi connectivity index (χ3n) is 10.0. The monoisotopic (exact) mass is 920 g/mol. The molecule has 2 aliphatic heterocycles. The molecular weight excluding hydrogens is 884 g/mol. The van der Waals surface area contributed by atoms with Gasteiger partial charge in [-0.1, -0.05) is 83.9 Å². The molecule has 4 aromatic carbocycles. The first-order valence-corrected chi connectivity index (χ1v) is 21.9. The normalized spacial score (nSPS) is 12.8. The number of thiophene rings is 2. The van der Waals surface area contributed by atoms with Crippen molar-refractivity contribution in [2.45, 2.75) is 32.9 Å². The maximum Gasteiger partial charge on any atom is 0.265 e. The van der Waals surface area contributed by atoms with Crippen molar-refractivity contribution in [3.63, 3.8) is 0 Å². The van der Waals surface area contributed by atoms with E-state index in [9.17, 15) is 33.6 Å². The molecule has 6 aromatic rings. The molecule has 0 spiro atoms. The summed E-state index contributed by atoms with van der Waals surface area (Å²) in [7, 11) is 0. The topological polar surface area (TPSA) is 188 Å². The zero-order chi connectivity index (χ0) is 44.8. The predicted octanol–water partition coefficient (Wildman–Crippen LogP) is 8.08. The van der Waals surface area contributed by atoms with Gasteiger partial charge in [0.2, 0.25) is 5.91 Å². The number of benzene rings is 4. The fraction of sp³-hybridized carbons (Fsp3) is 0.152. The second kappa shape index (κ2) is 19.7. The van der Waals surface area contributed by atoms with Crippen LogP contribution in [0.5, 0.6) is 0 Å². The Kier molecular flexibility index (Phi) is 13.9. The van der Waals surface area contributed by atoms with Gasteiger partial charge in [-0.05, 0) is 90.2 Å². The number of amides is 7. The van der Waals surface area contributed by atoms with E-state index in [0.717, 1.165) is 51.3 Å². The molecule has 0 radical (unpaired) electrons. The summed E-state index contributed by atoms with van der Waals surface area (Å²) in [5, 5.41) is 8.20. The summed E-state index contributed by atoms with van der Waals surface area (Å²) in [4.78, 5) is 91.2. The van der Waals surface area contributed by atoms with Crippen molar-refractivity contribution in [2.24, 2.45) is 5.73 Å². The van der Waals surface area contributed by atoms with Crippen LogP contribution in [0.15, 0.2) is 109 Å². The molecular formula is C46H38Cl2N6O7S2. The Morgan fingerprint density at radius 1 is 0.556 bits per heavy atom. The summed E-state index contributed by atoms with van der Waals surface area (Å²) in [6.07, 6.45) is 1.46. The first-order valence-electron chi connectivity index (χ1n) is 19.5. The van der Waals surface area contributed by atoms with Crippen molar-refractivity contribution in [3.8, 4) is 0 Å². The molecule has 13 nitrogen and oxygen atoms in total. The maximum atomic E-state index is 13.1. The van der Waals surface area contributed by atoms with Crippen LogP contribution < -0.4 is 21.7 Å². The molecule has 0 unspecified atom stereocenters. The van der Waals surface area contributed by atoms with Gasteiger partial charge < -0.3 is 21.7 Å². The van der Waals surface area contributed by atoms with Crippen molar-refractivity contribution in [2.75, 3.05) is 23.7 Å². The van der Waals surface area contributed by atoms with Crippen molar-refractivity contribution in [1.29, 1.82) is 0 Å². The van der Waals surface area contributed by atoms with Crippen LogP contribution in [-0.2, 0) is 30.7 Å². The van der Waals surface area contributed by atoms with E-state index in [0.29, 0.717) is 43.6 Å². The predicted molar refractivity (Wildman–Crippen MR) is 244 cm³/mol. The Bertz CT molecular complexity index is 2770. The van der Waals surface area contributed by atoms with Crippen LogP contribution in [0.25, 0.3) is 0 Å². The number of carbonyl (C=O) groups is 7. The van der Waals surface area contributed by atoms with Gasteiger partial charge in [-0.15, -0.1) is 22.7 Å². The van der Waals surface area contributed by atoms with E-state index in [1.54, 1.807) is 60.7 Å². The summed E-state index contributed by atoms with van der Waals surface area (Å²) in [5.41, 5.74) is 10.9. The fourth-order valence-electron chi connectivity index (χ4n) is 6.94. The molecule has 4 heterocycles. The number of halogens is 2. The first kappa shape index (κ1) is 44.6. The van der Waals surface area contributed by atoms with E-state index in [1.807, 2.05) is 48.5 Å². The quantitative estimate of drug-likeness (QED) is 0.0837. The zero-order valence-electron chi connectivity index (χ0n) is 33.5. The highest BCUT2D eigenvalue weighted by Crippen LogP contribution is 2.33. The van der Waals surface area contributed by atoms with Crippen LogP contribution in [0.2, 0.25) is 8.67 Å². The number of nitrogens with zero attached hydrogens (tertiary/aromatic N) is 2. The molecule has 2 aliphatic rings. The Morgan fingerprint density at radius 3 is 1.35 bits per heavy atom. The van der Waals surface area contributed by atoms with Gasteiger partial charge in [0, 0.05) is 13.5 Å². The molecule has 8 rings (SSSR count). The third-order valence-corrected chi connectivity index (χ3v) is 12.5. The SMILES string of the molecule is CC(=O)NCCc1ccc(CN2C(=O)c3cccc(NC(=O)c4ccc(Cl)s4)c3C2=O)cc1.NCCc1ccc(CN2C(=O)c3cccc(NC(=O)c4ccc(Cl)s4)c3C2=O)cc1. The van der Waals surface area contributed by atoms with Gasteiger partial charge in [0.15, 0.2) is 0 Å². The van der Waals surface area contributed by atoms with Gasteiger partial charge in [-0.2, -0.15) is 0 Å². The largest absolute Gasteiger partial charge is 0.356 e. The highest BCUT2D eigenvalue weighted by molar-refractivity contribution is 7.18. The lowest BCUT2D eigenvalue weighted by Gasteiger charge is -2.14. The summed E-state index contributed by atoms with van der Waals surface area (Å²) >= 11 is 14.1. The standard InChI is InChI=1S/C24H20ClN3O4S.C22H18ClN3O3S/c1-14(29)26-12-11-15-5-7-16(8-6-15)13-28-23(31)17-3-2-4-18(21(17)24(28)32)27-22(30)19-9-10-20(25)33-19;23-18-9-8-17(30-18)20(27)25-16-3-1-2-15-19(16)22(29)26(21(15)28)12-14-6-4-13(5-7-14)10-11-24/h2-10H,11-13H2,1H3,(H,26,29)(H,27,30);1-9H,10-12,24H2,(H,25,27). The average Bonchev–Trinajstić information content (AvgIpc) is 4.03. The minimum atomic E-state index is -0.454. The lowest BCUT2D eigenvalue weighted by Crippen LogP contribution is -2.29. The highest BCUT2D eigenvalue weighted by Gasteiger charge is 2.39. The number of anilines is 2. The van der Waals surface area contributed by atoms with Crippen LogP contribution >= 0.6 is 45.9 Å². The van der Waals surface area contributed by atoms with Crippen LogP contribution in [0.3, 0.4) is 0 Å². The summed E-state index contributed by atoms with van der Waals surface area (Å²) in [5.74, 6) is -2.52. The van der Waals surface area contributed by atoms with E-state index < -0.39 is 23.6 Å². The van der Waals surface area contributed by atoms with Crippen molar-refractivity contribution in [1.82, 2.24) is 15.1 Å². The third kappa shape index (κ3) is 10.3. The maximum absolute atomic E-state index is 13.1. The van der Waals surface area contributed by atoms with Crippen LogP contribution in [-0.4, -0.2) is 64.2 Å². The zero-order valence-corrected chi connectivity index (χ0v) is 36.7. The summed E-state index contributed by atoms with van der Waals surface area (Å²) in [6, 6.07) is 31.3. The van der Waals surface area contributed by atoms with Gasteiger partial charge in [-0.25, -0.2) is 0 Å². The Balaban J connectivity index is 0.000000190. The number of hydrogen-bond donors (Lipinski definition) is 4. The van der Waals surface area contributed by atoms with Crippen molar-refractivity contribution >= 4 is 98.6 Å². The van der Waals surface area contributed by atoms with Crippen molar-refractivity contribution in [3.05, 3.63) is 172 Å². The molecule has 63 heavy (non-hydrogen) atoms. The number of nitrogens with two attached hydrogens (primary N) is 1. The van der Waals surface area contributed by atoms with E-state index in [1.165, 1.54) is 16.7 Å². The van der Waals surface area contributed by atoms with E-state index in [-0.39, 0.29) is 58.8 Å². The lowest BCUT2D eigenvalue weighted by molar-refractivity contribution is -0.118. The molecule has 0 saturated carbocycles. The van der Waals surface area contributed by atoms with E-state index in [4.69, 9.17) is 28.9 Å². The molecule has 2 aromatic heterocycles. The number of rotatable bonds is 13. The summed E-state index contributed by atoms with van der Waals surface area (Å²) < 4.78 is 0.977. The van der Waals surface area contributed by atoms with Gasteiger partial charge in [0.1, 0.15) is 0 Å². The molecule has 0 aliphatic carbocycles. The molecule has 320 valence electrons. The van der Waals surface area contributed by atoms with E-state index >= 15 is 0 Å². The second-order valence-corrected chi connectivity index (χ2v) is 17.8. The van der Waals surface area contributed by atoms with Gasteiger partial charge >= 0.3 is 0 Å². The molecule has 5 N–H and O–H groups in total.